The Hall–Kier alpha value is -1.45. The van der Waals surface area contributed by atoms with E-state index in [0.29, 0.717) is 31.9 Å². The predicted octanol–water partition coefficient (Wildman–Crippen LogP) is 2.16. The third-order valence-corrected chi connectivity index (χ3v) is 5.33. The number of rotatable bonds is 14. The van der Waals surface area contributed by atoms with Crippen LogP contribution in [0.4, 0.5) is 0 Å². The standard InChI is InChI=1S/C20H31NO6S/c22-8-4-2-1-3-7-21-20(24)17-14-16(18-6-5-13-28-18)15-19(27-17)26-12-11-25-10-9-23/h5-6,13-14,16,19,22-23H,1-4,7-12,15H2,(H,21,24)/t16-,19+/m0/s1. The van der Waals surface area contributed by atoms with E-state index < -0.39 is 6.29 Å². The van der Waals surface area contributed by atoms with Gasteiger partial charge in [-0.3, -0.25) is 4.79 Å². The Morgan fingerprint density at radius 1 is 1.18 bits per heavy atom. The molecular weight excluding hydrogens is 382 g/mol. The molecule has 1 aromatic rings. The SMILES string of the molecule is O=C(NCCCCCCO)C1=C[C@H](c2cccs2)C[C@H](OCCOCCO)O1. The fraction of sp³-hybridized carbons (Fsp3) is 0.650. The maximum atomic E-state index is 12.5. The second-order valence-corrected chi connectivity index (χ2v) is 7.52. The molecule has 2 rings (SSSR count). The average molecular weight is 414 g/mol. The third-order valence-electron chi connectivity index (χ3n) is 4.33. The highest BCUT2D eigenvalue weighted by Crippen LogP contribution is 2.33. The van der Waals surface area contributed by atoms with E-state index in [1.807, 2.05) is 17.5 Å². The number of nitrogens with one attached hydrogen (secondary N) is 1. The minimum atomic E-state index is -0.514. The van der Waals surface area contributed by atoms with Crippen LogP contribution in [0.3, 0.4) is 0 Å². The number of carbonyl (C=O) groups excluding carboxylic acids is 1. The van der Waals surface area contributed by atoms with Gasteiger partial charge in [0.1, 0.15) is 0 Å². The van der Waals surface area contributed by atoms with Gasteiger partial charge in [0.2, 0.25) is 6.29 Å². The van der Waals surface area contributed by atoms with E-state index in [4.69, 9.17) is 24.4 Å². The first-order valence-electron chi connectivity index (χ1n) is 9.85. The Labute approximate surface area is 170 Å². The number of thiophene rings is 1. The van der Waals surface area contributed by atoms with Gasteiger partial charge in [0, 0.05) is 30.4 Å². The van der Waals surface area contributed by atoms with Crippen LogP contribution in [0, 0.1) is 0 Å². The summed E-state index contributed by atoms with van der Waals surface area (Å²) in [5.74, 6) is 0.136. The van der Waals surface area contributed by atoms with Crippen molar-refractivity contribution in [1.29, 1.82) is 0 Å². The molecule has 0 radical (unpaired) electrons. The minimum Gasteiger partial charge on any atom is -0.459 e. The number of hydrogen-bond donors (Lipinski definition) is 3. The molecule has 2 atom stereocenters. The number of aliphatic hydroxyl groups is 2. The molecule has 0 spiro atoms. The zero-order valence-electron chi connectivity index (χ0n) is 16.2. The van der Waals surface area contributed by atoms with Gasteiger partial charge in [-0.15, -0.1) is 11.3 Å². The van der Waals surface area contributed by atoms with Crippen LogP contribution >= 0.6 is 11.3 Å². The van der Waals surface area contributed by atoms with Crippen LogP contribution in [0.5, 0.6) is 0 Å². The van der Waals surface area contributed by atoms with E-state index in [1.54, 1.807) is 11.3 Å². The first-order chi connectivity index (χ1) is 13.7. The average Bonchev–Trinajstić information content (AvgIpc) is 3.25. The lowest BCUT2D eigenvalue weighted by Crippen LogP contribution is -2.33. The highest BCUT2D eigenvalue weighted by atomic mass is 32.1. The van der Waals surface area contributed by atoms with E-state index in [2.05, 4.69) is 11.4 Å². The van der Waals surface area contributed by atoms with Gasteiger partial charge < -0.3 is 29.7 Å². The van der Waals surface area contributed by atoms with Gasteiger partial charge in [0.05, 0.1) is 26.4 Å². The van der Waals surface area contributed by atoms with Crippen LogP contribution in [-0.4, -0.2) is 62.0 Å². The van der Waals surface area contributed by atoms with E-state index in [0.717, 1.165) is 25.7 Å². The van der Waals surface area contributed by atoms with Crippen molar-refractivity contribution in [3.8, 4) is 0 Å². The van der Waals surface area contributed by atoms with Crippen molar-refractivity contribution in [2.45, 2.75) is 44.3 Å². The third kappa shape index (κ3) is 8.28. The predicted molar refractivity (Wildman–Crippen MR) is 107 cm³/mol. The zero-order chi connectivity index (χ0) is 20.0. The first-order valence-corrected chi connectivity index (χ1v) is 10.7. The number of unbranched alkanes of at least 4 members (excludes halogenated alkanes) is 3. The summed E-state index contributed by atoms with van der Waals surface area (Å²) in [6.07, 6.45) is 5.59. The van der Waals surface area contributed by atoms with E-state index in [-0.39, 0.29) is 31.6 Å². The Bertz CT molecular complexity index is 577. The topological polar surface area (TPSA) is 97.3 Å². The van der Waals surface area contributed by atoms with Gasteiger partial charge >= 0.3 is 0 Å². The van der Waals surface area contributed by atoms with Crippen LogP contribution in [0.25, 0.3) is 0 Å². The van der Waals surface area contributed by atoms with E-state index in [1.165, 1.54) is 4.88 Å². The highest BCUT2D eigenvalue weighted by Gasteiger charge is 2.29. The Kier molecular flexibility index (Phi) is 11.2. The number of allylic oxidation sites excluding steroid dienone is 1. The lowest BCUT2D eigenvalue weighted by molar-refractivity contribution is -0.151. The molecule has 7 nitrogen and oxygen atoms in total. The second kappa shape index (κ2) is 13.7. The molecule has 0 saturated heterocycles. The highest BCUT2D eigenvalue weighted by molar-refractivity contribution is 7.10. The van der Waals surface area contributed by atoms with E-state index >= 15 is 0 Å². The fourth-order valence-corrected chi connectivity index (χ4v) is 3.71. The molecule has 1 aliphatic rings. The summed E-state index contributed by atoms with van der Waals surface area (Å²) in [6.45, 7) is 1.75. The van der Waals surface area contributed by atoms with E-state index in [9.17, 15) is 4.79 Å². The molecule has 1 aromatic heterocycles. The number of ether oxygens (including phenoxy) is 3. The van der Waals surface area contributed by atoms with Crippen LogP contribution in [0.1, 0.15) is 42.9 Å². The van der Waals surface area contributed by atoms with Crippen molar-refractivity contribution in [2.24, 2.45) is 0 Å². The number of aliphatic hydroxyl groups excluding tert-OH is 2. The molecule has 1 amide bonds. The van der Waals surface area contributed by atoms with Crippen molar-refractivity contribution < 1.29 is 29.2 Å². The Morgan fingerprint density at radius 2 is 2.04 bits per heavy atom. The zero-order valence-corrected chi connectivity index (χ0v) is 17.0. The fourth-order valence-electron chi connectivity index (χ4n) is 2.90. The van der Waals surface area contributed by atoms with Gasteiger partial charge in [0.15, 0.2) is 5.76 Å². The monoisotopic (exact) mass is 413 g/mol. The molecule has 28 heavy (non-hydrogen) atoms. The number of hydrogen-bond acceptors (Lipinski definition) is 7. The van der Waals surface area contributed by atoms with Crippen molar-refractivity contribution in [1.82, 2.24) is 5.32 Å². The van der Waals surface area contributed by atoms with Crippen molar-refractivity contribution >= 4 is 17.2 Å². The van der Waals surface area contributed by atoms with Crippen LogP contribution in [0.15, 0.2) is 29.3 Å². The molecular formula is C20H31NO6S. The Balaban J connectivity index is 1.85. The molecule has 0 saturated carbocycles. The molecule has 3 N–H and O–H groups in total. The Morgan fingerprint density at radius 3 is 2.79 bits per heavy atom. The van der Waals surface area contributed by atoms with Crippen LogP contribution in [0.2, 0.25) is 0 Å². The number of amides is 1. The molecule has 2 heterocycles. The summed E-state index contributed by atoms with van der Waals surface area (Å²) < 4.78 is 16.7. The van der Waals surface area contributed by atoms with Gasteiger partial charge in [-0.2, -0.15) is 0 Å². The molecule has 0 aromatic carbocycles. The largest absolute Gasteiger partial charge is 0.459 e. The van der Waals surface area contributed by atoms with Crippen molar-refractivity contribution in [3.63, 3.8) is 0 Å². The van der Waals surface area contributed by atoms with Gasteiger partial charge in [-0.1, -0.05) is 18.9 Å². The summed E-state index contributed by atoms with van der Waals surface area (Å²) in [5.41, 5.74) is 0. The molecule has 8 heteroatoms. The smallest absolute Gasteiger partial charge is 0.286 e. The minimum absolute atomic E-state index is 0.0204. The van der Waals surface area contributed by atoms with Crippen molar-refractivity contribution in [2.75, 3.05) is 39.6 Å². The molecule has 158 valence electrons. The normalized spacial score (nSPS) is 19.1. The summed E-state index contributed by atoms with van der Waals surface area (Å²) in [5, 5.41) is 22.4. The molecule has 0 unspecified atom stereocenters. The van der Waals surface area contributed by atoms with Gasteiger partial charge in [-0.05, 0) is 30.4 Å². The quantitative estimate of drug-likeness (QED) is 0.405. The van der Waals surface area contributed by atoms with Crippen LogP contribution < -0.4 is 5.32 Å². The maximum absolute atomic E-state index is 12.5. The summed E-state index contributed by atoms with van der Waals surface area (Å²) in [4.78, 5) is 13.7. The molecule has 1 aliphatic heterocycles. The second-order valence-electron chi connectivity index (χ2n) is 6.54. The van der Waals surface area contributed by atoms with Crippen LogP contribution in [-0.2, 0) is 19.0 Å². The van der Waals surface area contributed by atoms with Gasteiger partial charge in [0.25, 0.3) is 5.91 Å². The summed E-state index contributed by atoms with van der Waals surface area (Å²) >= 11 is 1.65. The first kappa shape index (κ1) is 22.8. The maximum Gasteiger partial charge on any atom is 0.286 e. The molecule has 0 bridgehead atoms. The summed E-state index contributed by atoms with van der Waals surface area (Å²) in [6, 6.07) is 4.04. The molecule has 0 fully saturated rings. The number of carbonyl (C=O) groups is 1. The summed E-state index contributed by atoms with van der Waals surface area (Å²) in [7, 11) is 0. The lowest BCUT2D eigenvalue weighted by Gasteiger charge is -2.28. The molecule has 0 aliphatic carbocycles. The lowest BCUT2D eigenvalue weighted by atomic mass is 9.99. The van der Waals surface area contributed by atoms with Gasteiger partial charge in [-0.25, -0.2) is 0 Å². The van der Waals surface area contributed by atoms with Crippen molar-refractivity contribution in [3.05, 3.63) is 34.2 Å².